The summed E-state index contributed by atoms with van der Waals surface area (Å²) in [7, 11) is 0. The molecule has 2 rings (SSSR count). The van der Waals surface area contributed by atoms with Crippen molar-refractivity contribution in [2.24, 2.45) is 0 Å². The molecule has 0 saturated heterocycles. The standard InChI is InChI=1S/C14H12Cl2N2OS/c1-20-14-5-4-11(8-17-14)18-13(19)6-9-2-3-10(15)7-12(9)16/h2-5,7-8H,6H2,1H3,(H,18,19). The summed E-state index contributed by atoms with van der Waals surface area (Å²) in [4.78, 5) is 16.1. The van der Waals surface area contributed by atoms with Gasteiger partial charge in [0, 0.05) is 10.0 Å². The fourth-order valence-electron chi connectivity index (χ4n) is 1.62. The van der Waals surface area contributed by atoms with Crippen LogP contribution >= 0.6 is 35.0 Å². The van der Waals surface area contributed by atoms with Crippen LogP contribution in [-0.4, -0.2) is 17.1 Å². The zero-order valence-electron chi connectivity index (χ0n) is 10.7. The molecule has 104 valence electrons. The molecule has 1 amide bonds. The molecule has 2 aromatic rings. The lowest BCUT2D eigenvalue weighted by Gasteiger charge is -2.07. The normalized spacial score (nSPS) is 10.3. The first-order valence-corrected chi connectivity index (χ1v) is 7.80. The summed E-state index contributed by atoms with van der Waals surface area (Å²) in [5.74, 6) is -0.145. The molecule has 0 radical (unpaired) electrons. The molecule has 0 saturated carbocycles. The van der Waals surface area contributed by atoms with Crippen molar-refractivity contribution in [2.45, 2.75) is 11.4 Å². The minimum Gasteiger partial charge on any atom is -0.324 e. The van der Waals surface area contributed by atoms with Gasteiger partial charge in [-0.2, -0.15) is 0 Å². The van der Waals surface area contributed by atoms with Crippen molar-refractivity contribution in [3.63, 3.8) is 0 Å². The van der Waals surface area contributed by atoms with Gasteiger partial charge in [-0.15, -0.1) is 11.8 Å². The van der Waals surface area contributed by atoms with Gasteiger partial charge in [-0.25, -0.2) is 4.98 Å². The highest BCUT2D eigenvalue weighted by molar-refractivity contribution is 7.98. The van der Waals surface area contributed by atoms with E-state index in [9.17, 15) is 4.79 Å². The lowest BCUT2D eigenvalue weighted by atomic mass is 10.1. The summed E-state index contributed by atoms with van der Waals surface area (Å²) in [6.45, 7) is 0. The second-order valence-electron chi connectivity index (χ2n) is 4.05. The molecule has 1 heterocycles. The predicted molar refractivity (Wildman–Crippen MR) is 84.8 cm³/mol. The number of anilines is 1. The van der Waals surface area contributed by atoms with E-state index < -0.39 is 0 Å². The van der Waals surface area contributed by atoms with E-state index in [0.29, 0.717) is 15.7 Å². The van der Waals surface area contributed by atoms with Crippen molar-refractivity contribution >= 4 is 46.6 Å². The fourth-order valence-corrected chi connectivity index (χ4v) is 2.46. The van der Waals surface area contributed by atoms with Crippen molar-refractivity contribution in [3.05, 3.63) is 52.1 Å². The number of hydrogen-bond donors (Lipinski definition) is 1. The molecule has 20 heavy (non-hydrogen) atoms. The first kappa shape index (κ1) is 15.2. The molecule has 0 aliphatic carbocycles. The highest BCUT2D eigenvalue weighted by Crippen LogP contribution is 2.22. The fraction of sp³-hybridized carbons (Fsp3) is 0.143. The number of nitrogens with one attached hydrogen (secondary N) is 1. The number of benzene rings is 1. The van der Waals surface area contributed by atoms with Crippen molar-refractivity contribution in [3.8, 4) is 0 Å². The molecule has 6 heteroatoms. The first-order chi connectivity index (χ1) is 9.58. The van der Waals surface area contributed by atoms with Crippen LogP contribution in [0.1, 0.15) is 5.56 Å². The Kier molecular flexibility index (Phi) is 5.29. The number of halogens is 2. The number of nitrogens with zero attached hydrogens (tertiary/aromatic N) is 1. The van der Waals surface area contributed by atoms with Gasteiger partial charge in [-0.05, 0) is 36.1 Å². The summed E-state index contributed by atoms with van der Waals surface area (Å²) in [5, 5.41) is 4.73. The van der Waals surface area contributed by atoms with Crippen molar-refractivity contribution in [2.75, 3.05) is 11.6 Å². The zero-order valence-corrected chi connectivity index (χ0v) is 13.0. The quantitative estimate of drug-likeness (QED) is 0.852. The van der Waals surface area contributed by atoms with Gasteiger partial charge in [0.25, 0.3) is 0 Å². The van der Waals surface area contributed by atoms with E-state index in [1.807, 2.05) is 18.4 Å². The Bertz CT molecular complexity index is 617. The molecule has 0 aliphatic heterocycles. The average Bonchev–Trinajstić information content (AvgIpc) is 2.43. The minimum absolute atomic E-state index is 0.145. The molecule has 0 spiro atoms. The van der Waals surface area contributed by atoms with Gasteiger partial charge in [-0.1, -0.05) is 29.3 Å². The number of thioether (sulfide) groups is 1. The minimum atomic E-state index is -0.145. The maximum Gasteiger partial charge on any atom is 0.228 e. The topological polar surface area (TPSA) is 42.0 Å². The SMILES string of the molecule is CSc1ccc(NC(=O)Cc2ccc(Cl)cc2Cl)cn1. The van der Waals surface area contributed by atoms with Gasteiger partial charge in [-0.3, -0.25) is 4.79 Å². The van der Waals surface area contributed by atoms with Crippen molar-refractivity contribution in [1.82, 2.24) is 4.98 Å². The van der Waals surface area contributed by atoms with Gasteiger partial charge in [0.2, 0.25) is 5.91 Å². The van der Waals surface area contributed by atoms with Crippen LogP contribution in [0, 0.1) is 0 Å². The van der Waals surface area contributed by atoms with E-state index in [-0.39, 0.29) is 12.3 Å². The Labute approximate surface area is 131 Å². The lowest BCUT2D eigenvalue weighted by molar-refractivity contribution is -0.115. The van der Waals surface area contributed by atoms with Crippen LogP contribution in [0.25, 0.3) is 0 Å². The van der Waals surface area contributed by atoms with Gasteiger partial charge in [0.1, 0.15) is 0 Å². The number of rotatable bonds is 4. The first-order valence-electron chi connectivity index (χ1n) is 5.82. The molecular weight excluding hydrogens is 315 g/mol. The van der Waals surface area contributed by atoms with Crippen LogP contribution in [0.5, 0.6) is 0 Å². The van der Waals surface area contributed by atoms with Crippen LogP contribution in [0.15, 0.2) is 41.6 Å². The highest BCUT2D eigenvalue weighted by atomic mass is 35.5. The molecule has 0 fully saturated rings. The molecular formula is C14H12Cl2N2OS. The Morgan fingerprint density at radius 1 is 1.30 bits per heavy atom. The maximum atomic E-state index is 11.9. The zero-order chi connectivity index (χ0) is 14.5. The third-order valence-electron chi connectivity index (χ3n) is 2.60. The van der Waals surface area contributed by atoms with Gasteiger partial charge in [0.05, 0.1) is 23.3 Å². The predicted octanol–water partition coefficient (Wildman–Crippen LogP) is 4.29. The number of pyridine rings is 1. The Morgan fingerprint density at radius 2 is 2.10 bits per heavy atom. The molecule has 0 bridgehead atoms. The van der Waals surface area contributed by atoms with Crippen LogP contribution < -0.4 is 5.32 Å². The van der Waals surface area contributed by atoms with Gasteiger partial charge in [0.15, 0.2) is 0 Å². The molecule has 0 aliphatic rings. The van der Waals surface area contributed by atoms with Gasteiger partial charge < -0.3 is 5.32 Å². The lowest BCUT2D eigenvalue weighted by Crippen LogP contribution is -2.14. The Morgan fingerprint density at radius 3 is 2.70 bits per heavy atom. The molecule has 1 aromatic carbocycles. The molecule has 0 unspecified atom stereocenters. The summed E-state index contributed by atoms with van der Waals surface area (Å²) in [6, 6.07) is 8.76. The van der Waals surface area contributed by atoms with Crippen molar-refractivity contribution in [1.29, 1.82) is 0 Å². The average molecular weight is 327 g/mol. The number of amides is 1. The molecule has 0 atom stereocenters. The number of carbonyl (C=O) groups is 1. The van der Waals surface area contributed by atoms with Crippen LogP contribution in [0.4, 0.5) is 5.69 Å². The summed E-state index contributed by atoms with van der Waals surface area (Å²) < 4.78 is 0. The summed E-state index contributed by atoms with van der Waals surface area (Å²) in [5.41, 5.74) is 1.40. The van der Waals surface area contributed by atoms with E-state index in [0.717, 1.165) is 10.6 Å². The van der Waals surface area contributed by atoms with Crippen LogP contribution in [-0.2, 0) is 11.2 Å². The van der Waals surface area contributed by atoms with Crippen molar-refractivity contribution < 1.29 is 4.79 Å². The van der Waals surface area contributed by atoms with E-state index in [1.165, 1.54) is 0 Å². The van der Waals surface area contributed by atoms with E-state index >= 15 is 0 Å². The maximum absolute atomic E-state index is 11.9. The van der Waals surface area contributed by atoms with E-state index in [1.54, 1.807) is 36.2 Å². The van der Waals surface area contributed by atoms with Gasteiger partial charge >= 0.3 is 0 Å². The Hall–Kier alpha value is -1.23. The molecule has 1 aromatic heterocycles. The highest BCUT2D eigenvalue weighted by Gasteiger charge is 2.08. The van der Waals surface area contributed by atoms with E-state index in [4.69, 9.17) is 23.2 Å². The van der Waals surface area contributed by atoms with E-state index in [2.05, 4.69) is 10.3 Å². The number of hydrogen-bond acceptors (Lipinski definition) is 3. The monoisotopic (exact) mass is 326 g/mol. The third-order valence-corrected chi connectivity index (χ3v) is 3.84. The number of carbonyl (C=O) groups excluding carboxylic acids is 1. The third kappa shape index (κ3) is 4.13. The molecule has 1 N–H and O–H groups in total. The van der Waals surface area contributed by atoms with Crippen LogP contribution in [0.3, 0.4) is 0 Å². The second kappa shape index (κ2) is 6.97. The Balaban J connectivity index is 2.01. The number of aromatic nitrogens is 1. The smallest absolute Gasteiger partial charge is 0.228 e. The van der Waals surface area contributed by atoms with Crippen LogP contribution in [0.2, 0.25) is 10.0 Å². The largest absolute Gasteiger partial charge is 0.324 e. The molecule has 3 nitrogen and oxygen atoms in total. The second-order valence-corrected chi connectivity index (χ2v) is 5.72. The summed E-state index contributed by atoms with van der Waals surface area (Å²) in [6.07, 6.45) is 3.77. The summed E-state index contributed by atoms with van der Waals surface area (Å²) >= 11 is 13.4.